The minimum absolute atomic E-state index is 0.0123. The Labute approximate surface area is 197 Å². The molecule has 1 heterocycles. The highest BCUT2D eigenvalue weighted by atomic mass is 32.2. The Morgan fingerprint density at radius 2 is 1.59 bits per heavy atom. The number of nitrogens with one attached hydrogen (secondary N) is 1. The summed E-state index contributed by atoms with van der Waals surface area (Å²) in [5.41, 5.74) is 11.2. The van der Waals surface area contributed by atoms with Gasteiger partial charge in [-0.25, -0.2) is 8.42 Å². The number of carbonyl (C=O) groups is 3. The Hall–Kier alpha value is -3.70. The van der Waals surface area contributed by atoms with Crippen LogP contribution in [0.4, 0.5) is 5.69 Å². The van der Waals surface area contributed by atoms with Crippen LogP contribution < -0.4 is 21.5 Å². The van der Waals surface area contributed by atoms with E-state index in [2.05, 4.69) is 5.32 Å². The zero-order valence-corrected chi connectivity index (χ0v) is 19.4. The molecule has 1 aliphatic rings. The number of benzene rings is 2. The van der Waals surface area contributed by atoms with E-state index in [0.717, 1.165) is 19.3 Å². The molecule has 2 aromatic rings. The summed E-state index contributed by atoms with van der Waals surface area (Å²) in [7, 11) is -2.36. The van der Waals surface area contributed by atoms with Crippen LogP contribution in [0.1, 0.15) is 45.5 Å². The normalized spacial score (nSPS) is 14.6. The van der Waals surface area contributed by atoms with Gasteiger partial charge in [0.15, 0.2) is 0 Å². The van der Waals surface area contributed by atoms with Crippen LogP contribution in [0.2, 0.25) is 0 Å². The number of ether oxygens (including phenoxy) is 1. The molecule has 0 aliphatic carbocycles. The van der Waals surface area contributed by atoms with E-state index in [0.29, 0.717) is 18.7 Å². The zero-order chi connectivity index (χ0) is 24.9. The maximum atomic E-state index is 13.1. The van der Waals surface area contributed by atoms with E-state index in [-0.39, 0.29) is 27.5 Å². The van der Waals surface area contributed by atoms with Crippen LogP contribution in [0.15, 0.2) is 47.4 Å². The monoisotopic (exact) mass is 486 g/mol. The molecule has 0 aromatic heterocycles. The van der Waals surface area contributed by atoms with E-state index in [1.165, 1.54) is 53.9 Å². The Morgan fingerprint density at radius 1 is 0.971 bits per heavy atom. The van der Waals surface area contributed by atoms with E-state index < -0.39 is 27.7 Å². The summed E-state index contributed by atoms with van der Waals surface area (Å²) in [5.74, 6) is -1.92. The van der Waals surface area contributed by atoms with Crippen LogP contribution in [0.25, 0.3) is 6.08 Å². The molecule has 0 spiro atoms. The highest BCUT2D eigenvalue weighted by Gasteiger charge is 2.29. The lowest BCUT2D eigenvalue weighted by atomic mass is 10.1. The number of amides is 3. The highest BCUT2D eigenvalue weighted by Crippen LogP contribution is 2.30. The molecule has 0 saturated carbocycles. The van der Waals surface area contributed by atoms with Gasteiger partial charge < -0.3 is 21.5 Å². The van der Waals surface area contributed by atoms with Gasteiger partial charge in [-0.05, 0) is 54.8 Å². The predicted octanol–water partition coefficient (Wildman–Crippen LogP) is 1.72. The van der Waals surface area contributed by atoms with Crippen LogP contribution in [0.3, 0.4) is 0 Å². The first-order chi connectivity index (χ1) is 16.1. The molecule has 10 nitrogen and oxygen atoms in total. The number of piperidine rings is 1. The molecule has 0 unspecified atom stereocenters. The van der Waals surface area contributed by atoms with Crippen molar-refractivity contribution in [2.45, 2.75) is 24.2 Å². The molecular formula is C23H26N4O6S. The summed E-state index contributed by atoms with van der Waals surface area (Å²) in [6, 6.07) is 8.47. The minimum Gasteiger partial charge on any atom is -0.495 e. The van der Waals surface area contributed by atoms with Crippen molar-refractivity contribution in [1.29, 1.82) is 0 Å². The molecule has 5 N–H and O–H groups in total. The number of methoxy groups -OCH3 is 1. The second-order valence-corrected chi connectivity index (χ2v) is 9.63. The smallest absolute Gasteiger partial charge is 0.248 e. The highest BCUT2D eigenvalue weighted by molar-refractivity contribution is 7.89. The molecule has 1 fully saturated rings. The molecular weight excluding hydrogens is 460 g/mol. The third kappa shape index (κ3) is 5.80. The van der Waals surface area contributed by atoms with E-state index in [1.807, 2.05) is 0 Å². The van der Waals surface area contributed by atoms with Gasteiger partial charge in [0, 0.05) is 36.0 Å². The molecule has 0 bridgehead atoms. The van der Waals surface area contributed by atoms with Crippen molar-refractivity contribution in [2.75, 3.05) is 25.5 Å². The van der Waals surface area contributed by atoms with Crippen LogP contribution in [-0.2, 0) is 14.8 Å². The average molecular weight is 487 g/mol. The summed E-state index contributed by atoms with van der Waals surface area (Å²) < 4.78 is 33.0. The number of nitrogens with two attached hydrogens (primary N) is 2. The predicted molar refractivity (Wildman–Crippen MR) is 127 cm³/mol. The maximum absolute atomic E-state index is 13.1. The van der Waals surface area contributed by atoms with Gasteiger partial charge in [-0.2, -0.15) is 4.31 Å². The Balaban J connectivity index is 1.83. The van der Waals surface area contributed by atoms with Crippen molar-refractivity contribution in [3.8, 4) is 5.75 Å². The molecule has 180 valence electrons. The third-order valence-corrected chi connectivity index (χ3v) is 7.24. The second-order valence-electron chi connectivity index (χ2n) is 7.73. The summed E-state index contributed by atoms with van der Waals surface area (Å²) in [6.45, 7) is 0.900. The topological polar surface area (TPSA) is 162 Å². The Kier molecular flexibility index (Phi) is 7.69. The fourth-order valence-corrected chi connectivity index (χ4v) is 5.29. The number of hydrogen-bond donors (Lipinski definition) is 3. The van der Waals surface area contributed by atoms with Crippen molar-refractivity contribution in [1.82, 2.24) is 4.31 Å². The number of sulfonamides is 1. The van der Waals surface area contributed by atoms with Gasteiger partial charge in [-0.15, -0.1) is 0 Å². The number of rotatable bonds is 8. The molecule has 1 aliphatic heterocycles. The van der Waals surface area contributed by atoms with E-state index in [4.69, 9.17) is 16.2 Å². The molecule has 3 amide bonds. The van der Waals surface area contributed by atoms with E-state index in [9.17, 15) is 22.8 Å². The van der Waals surface area contributed by atoms with Gasteiger partial charge in [0.1, 0.15) is 10.6 Å². The van der Waals surface area contributed by atoms with Gasteiger partial charge in [0.25, 0.3) is 0 Å². The first-order valence-electron chi connectivity index (χ1n) is 10.5. The maximum Gasteiger partial charge on any atom is 0.248 e. The van der Waals surface area contributed by atoms with Gasteiger partial charge in [0.2, 0.25) is 27.7 Å². The van der Waals surface area contributed by atoms with Crippen molar-refractivity contribution in [3.63, 3.8) is 0 Å². The molecule has 11 heteroatoms. The first-order valence-corrected chi connectivity index (χ1v) is 12.0. The van der Waals surface area contributed by atoms with Crippen molar-refractivity contribution < 1.29 is 27.5 Å². The number of nitrogens with zero attached hydrogens (tertiary/aromatic N) is 1. The van der Waals surface area contributed by atoms with Crippen molar-refractivity contribution >= 4 is 39.5 Å². The average Bonchev–Trinajstić information content (AvgIpc) is 2.82. The molecule has 3 rings (SSSR count). The van der Waals surface area contributed by atoms with Crippen molar-refractivity contribution in [2.24, 2.45) is 11.5 Å². The molecule has 0 atom stereocenters. The van der Waals surface area contributed by atoms with E-state index >= 15 is 0 Å². The lowest BCUT2D eigenvalue weighted by Gasteiger charge is -2.26. The van der Waals surface area contributed by atoms with Gasteiger partial charge in [-0.3, -0.25) is 14.4 Å². The lowest BCUT2D eigenvalue weighted by Crippen LogP contribution is -2.35. The third-order valence-electron chi connectivity index (χ3n) is 5.32. The first kappa shape index (κ1) is 24.9. The fraction of sp³-hybridized carbons (Fsp3) is 0.261. The Bertz CT molecular complexity index is 1220. The summed E-state index contributed by atoms with van der Waals surface area (Å²) in [4.78, 5) is 35.4. The van der Waals surface area contributed by atoms with Gasteiger partial charge in [-0.1, -0.05) is 12.5 Å². The van der Waals surface area contributed by atoms with Gasteiger partial charge >= 0.3 is 0 Å². The number of primary amides is 2. The molecule has 1 saturated heterocycles. The zero-order valence-electron chi connectivity index (χ0n) is 18.6. The largest absolute Gasteiger partial charge is 0.495 e. The number of hydrogen-bond acceptors (Lipinski definition) is 6. The minimum atomic E-state index is -3.75. The summed E-state index contributed by atoms with van der Waals surface area (Å²) in [5, 5.41) is 2.53. The Morgan fingerprint density at radius 3 is 2.15 bits per heavy atom. The molecule has 34 heavy (non-hydrogen) atoms. The van der Waals surface area contributed by atoms with Crippen LogP contribution in [0.5, 0.6) is 5.75 Å². The molecule has 2 aromatic carbocycles. The van der Waals surface area contributed by atoms with Crippen LogP contribution >= 0.6 is 0 Å². The lowest BCUT2D eigenvalue weighted by molar-refractivity contribution is -0.111. The second kappa shape index (κ2) is 10.5. The quantitative estimate of drug-likeness (QED) is 0.481. The number of carbonyl (C=O) groups excluding carboxylic acids is 3. The molecule has 0 radical (unpaired) electrons. The summed E-state index contributed by atoms with van der Waals surface area (Å²) in [6.07, 6.45) is 5.23. The van der Waals surface area contributed by atoms with Gasteiger partial charge in [0.05, 0.1) is 7.11 Å². The SMILES string of the molecule is COc1ccc(C=CC(=O)Nc2cc(C(N)=O)cc(C(N)=O)c2)cc1S(=O)(=O)N1CCCCC1. The standard InChI is InChI=1S/C23H26N4O6S/c1-33-19-7-5-15(11-20(19)34(31,32)27-9-3-2-4-10-27)6-8-21(28)26-18-13-16(22(24)29)12-17(14-18)23(25)30/h5-8,11-14H,2-4,9-10H2,1H3,(H2,24,29)(H2,25,30)(H,26,28). The van der Waals surface area contributed by atoms with Crippen molar-refractivity contribution in [3.05, 3.63) is 59.2 Å². The summed E-state index contributed by atoms with van der Waals surface area (Å²) >= 11 is 0. The fourth-order valence-electron chi connectivity index (χ4n) is 3.58. The van der Waals surface area contributed by atoms with Crippen LogP contribution in [0, 0.1) is 0 Å². The van der Waals surface area contributed by atoms with E-state index in [1.54, 1.807) is 6.07 Å². The number of anilines is 1. The van der Waals surface area contributed by atoms with Crippen LogP contribution in [-0.4, -0.2) is 50.6 Å².